The summed E-state index contributed by atoms with van der Waals surface area (Å²) < 4.78 is 2.01. The highest BCUT2D eigenvalue weighted by molar-refractivity contribution is 5.74. The molecule has 4 bridgehead atoms. The van der Waals surface area contributed by atoms with Crippen molar-refractivity contribution in [3.05, 3.63) is 30.1 Å². The molecule has 4 saturated carbocycles. The van der Waals surface area contributed by atoms with Crippen LogP contribution in [0.5, 0.6) is 0 Å². The number of rotatable bonds is 7. The quantitative estimate of drug-likeness (QED) is 0.730. The molecule has 4 aliphatic rings. The van der Waals surface area contributed by atoms with Gasteiger partial charge in [-0.15, -0.1) is 0 Å². The molecule has 26 heavy (non-hydrogen) atoms. The molecular formula is C23H35N2O+. The maximum Gasteiger partial charge on any atom is 0.286 e. The highest BCUT2D eigenvalue weighted by Gasteiger charge is 2.50. The second kappa shape index (κ2) is 7.32. The molecule has 0 radical (unpaired) electrons. The molecule has 5 rings (SSSR count). The minimum Gasteiger partial charge on any atom is -0.350 e. The van der Waals surface area contributed by atoms with Crippen LogP contribution in [0.25, 0.3) is 0 Å². The van der Waals surface area contributed by atoms with Gasteiger partial charge in [0.2, 0.25) is 6.54 Å². The molecule has 0 aromatic carbocycles. The first-order valence-corrected chi connectivity index (χ1v) is 10.8. The van der Waals surface area contributed by atoms with Gasteiger partial charge in [0, 0.05) is 18.7 Å². The van der Waals surface area contributed by atoms with E-state index in [0.717, 1.165) is 24.3 Å². The van der Waals surface area contributed by atoms with E-state index in [2.05, 4.69) is 43.7 Å². The summed E-state index contributed by atoms with van der Waals surface area (Å²) in [5, 5.41) is 3.29. The Bertz CT molecular complexity index is 597. The third-order valence-electron chi connectivity index (χ3n) is 7.53. The topological polar surface area (TPSA) is 33.0 Å². The fraction of sp³-hybridized carbons (Fsp3) is 0.739. The number of nitrogens with zero attached hydrogens (tertiary/aromatic N) is 1. The van der Waals surface area contributed by atoms with Gasteiger partial charge in [0.25, 0.3) is 5.91 Å². The van der Waals surface area contributed by atoms with Gasteiger partial charge in [-0.05, 0) is 86.0 Å². The number of nitrogens with one attached hydrogen (secondary N) is 1. The maximum absolute atomic E-state index is 12.5. The van der Waals surface area contributed by atoms with Crippen LogP contribution in [0.3, 0.4) is 0 Å². The summed E-state index contributed by atoms with van der Waals surface area (Å²) in [4.78, 5) is 12.5. The van der Waals surface area contributed by atoms with E-state index in [4.69, 9.17) is 0 Å². The van der Waals surface area contributed by atoms with Crippen molar-refractivity contribution in [2.24, 2.45) is 23.2 Å². The Morgan fingerprint density at radius 2 is 1.62 bits per heavy atom. The average Bonchev–Trinajstić information content (AvgIpc) is 2.61. The fourth-order valence-electron chi connectivity index (χ4n) is 6.62. The van der Waals surface area contributed by atoms with Crippen molar-refractivity contribution >= 4 is 5.91 Å². The molecule has 1 amide bonds. The molecule has 1 heterocycles. The largest absolute Gasteiger partial charge is 0.350 e. The van der Waals surface area contributed by atoms with E-state index >= 15 is 0 Å². The fourth-order valence-corrected chi connectivity index (χ4v) is 6.62. The lowest BCUT2D eigenvalue weighted by atomic mass is 9.49. The summed E-state index contributed by atoms with van der Waals surface area (Å²) in [6.45, 7) is 5.83. The summed E-state index contributed by atoms with van der Waals surface area (Å²) >= 11 is 0. The van der Waals surface area contributed by atoms with Crippen molar-refractivity contribution in [2.75, 3.05) is 6.54 Å². The van der Waals surface area contributed by atoms with Crippen LogP contribution in [0.1, 0.15) is 76.7 Å². The summed E-state index contributed by atoms with van der Waals surface area (Å²) in [6.07, 6.45) is 14.9. The Morgan fingerprint density at radius 1 is 1.08 bits per heavy atom. The molecule has 0 atom stereocenters. The molecule has 1 N–H and O–H groups in total. The SMILES string of the molecule is CCC(CC)c1cc[n+](CC(=O)NCC23CC4CC(CC(C4)C2)C3)cc1. The molecule has 1 aromatic rings. The van der Waals surface area contributed by atoms with Gasteiger partial charge in [-0.3, -0.25) is 4.79 Å². The zero-order valence-corrected chi connectivity index (χ0v) is 16.5. The van der Waals surface area contributed by atoms with E-state index in [1.54, 1.807) is 0 Å². The lowest BCUT2D eigenvalue weighted by molar-refractivity contribution is -0.684. The van der Waals surface area contributed by atoms with E-state index in [-0.39, 0.29) is 5.91 Å². The van der Waals surface area contributed by atoms with E-state index in [1.165, 1.54) is 56.9 Å². The third kappa shape index (κ3) is 3.68. The monoisotopic (exact) mass is 355 g/mol. The molecule has 0 spiro atoms. The van der Waals surface area contributed by atoms with Crippen molar-refractivity contribution in [2.45, 2.75) is 77.7 Å². The zero-order valence-electron chi connectivity index (χ0n) is 16.5. The number of carbonyl (C=O) groups excluding carboxylic acids is 1. The summed E-state index contributed by atoms with van der Waals surface area (Å²) in [7, 11) is 0. The Balaban J connectivity index is 1.30. The predicted molar refractivity (Wildman–Crippen MR) is 104 cm³/mol. The van der Waals surface area contributed by atoms with Crippen molar-refractivity contribution in [1.29, 1.82) is 0 Å². The molecule has 3 nitrogen and oxygen atoms in total. The van der Waals surface area contributed by atoms with Gasteiger partial charge in [0.1, 0.15) is 0 Å². The first-order valence-electron chi connectivity index (χ1n) is 10.8. The molecule has 1 aromatic heterocycles. The van der Waals surface area contributed by atoms with E-state index in [0.29, 0.717) is 17.9 Å². The minimum absolute atomic E-state index is 0.168. The van der Waals surface area contributed by atoms with Crippen LogP contribution in [0.15, 0.2) is 24.5 Å². The van der Waals surface area contributed by atoms with Crippen molar-refractivity contribution in [3.63, 3.8) is 0 Å². The maximum atomic E-state index is 12.5. The lowest BCUT2D eigenvalue weighted by Gasteiger charge is -2.56. The Kier molecular flexibility index (Phi) is 5.07. The highest BCUT2D eigenvalue weighted by Crippen LogP contribution is 2.59. The van der Waals surface area contributed by atoms with Crippen molar-refractivity contribution < 1.29 is 9.36 Å². The Labute approximate surface area is 158 Å². The molecule has 0 saturated heterocycles. The predicted octanol–water partition coefficient (Wildman–Crippen LogP) is 4.21. The molecule has 4 aliphatic carbocycles. The molecule has 0 aliphatic heterocycles. The van der Waals surface area contributed by atoms with E-state index in [1.807, 2.05) is 4.57 Å². The normalized spacial score (nSPS) is 32.2. The number of hydrogen-bond donors (Lipinski definition) is 1. The third-order valence-corrected chi connectivity index (χ3v) is 7.53. The van der Waals surface area contributed by atoms with Gasteiger partial charge in [-0.25, -0.2) is 0 Å². The van der Waals surface area contributed by atoms with Crippen LogP contribution in [0.4, 0.5) is 0 Å². The number of aromatic nitrogens is 1. The lowest BCUT2D eigenvalue weighted by Crippen LogP contribution is -2.52. The van der Waals surface area contributed by atoms with Crippen LogP contribution in [0, 0.1) is 23.2 Å². The smallest absolute Gasteiger partial charge is 0.286 e. The van der Waals surface area contributed by atoms with Gasteiger partial charge in [-0.2, -0.15) is 4.57 Å². The van der Waals surface area contributed by atoms with Gasteiger partial charge in [0.05, 0.1) is 0 Å². The van der Waals surface area contributed by atoms with Crippen LogP contribution >= 0.6 is 0 Å². The van der Waals surface area contributed by atoms with Gasteiger partial charge >= 0.3 is 0 Å². The zero-order chi connectivity index (χ0) is 18.1. The standard InChI is InChI=1S/C23H34N2O/c1-3-20(4-2)21-5-7-25(8-6-21)15-22(26)24-16-23-12-17-9-18(13-23)11-19(10-17)14-23/h5-8,17-20H,3-4,9-16H2,1-2H3/p+1. The van der Waals surface area contributed by atoms with Gasteiger partial charge in [-0.1, -0.05) is 13.8 Å². The molecule has 0 unspecified atom stereocenters. The second-order valence-electron chi connectivity index (χ2n) is 9.51. The Morgan fingerprint density at radius 3 is 2.12 bits per heavy atom. The summed E-state index contributed by atoms with van der Waals surface area (Å²) in [6, 6.07) is 4.37. The number of pyridine rings is 1. The van der Waals surface area contributed by atoms with E-state index < -0.39 is 0 Å². The second-order valence-corrected chi connectivity index (χ2v) is 9.51. The van der Waals surface area contributed by atoms with Crippen molar-refractivity contribution in [3.8, 4) is 0 Å². The van der Waals surface area contributed by atoms with Crippen LogP contribution < -0.4 is 9.88 Å². The van der Waals surface area contributed by atoms with Crippen LogP contribution in [0.2, 0.25) is 0 Å². The number of carbonyl (C=O) groups is 1. The van der Waals surface area contributed by atoms with Gasteiger partial charge in [0.15, 0.2) is 12.4 Å². The number of amides is 1. The first kappa shape index (κ1) is 18.0. The molecule has 4 fully saturated rings. The van der Waals surface area contributed by atoms with Gasteiger partial charge < -0.3 is 5.32 Å². The minimum atomic E-state index is 0.168. The summed E-state index contributed by atoms with van der Waals surface area (Å²) in [5.41, 5.74) is 1.81. The highest BCUT2D eigenvalue weighted by atomic mass is 16.1. The Hall–Kier alpha value is -1.38. The number of hydrogen-bond acceptors (Lipinski definition) is 1. The molecule has 3 heteroatoms. The molecule has 142 valence electrons. The average molecular weight is 356 g/mol. The first-order chi connectivity index (χ1) is 12.6. The summed E-state index contributed by atoms with van der Waals surface area (Å²) in [5.74, 6) is 3.65. The molecular weight excluding hydrogens is 320 g/mol. The van der Waals surface area contributed by atoms with Crippen molar-refractivity contribution in [1.82, 2.24) is 5.32 Å². The van der Waals surface area contributed by atoms with Crippen LogP contribution in [-0.2, 0) is 11.3 Å². The van der Waals surface area contributed by atoms with E-state index in [9.17, 15) is 4.79 Å². The van der Waals surface area contributed by atoms with Crippen LogP contribution in [-0.4, -0.2) is 12.5 Å².